The number of hydrogen-bond donors (Lipinski definition) is 3. The van der Waals surface area contributed by atoms with E-state index in [2.05, 4.69) is 76.7 Å². The van der Waals surface area contributed by atoms with Crippen LogP contribution in [0.25, 0.3) is 16.6 Å². The van der Waals surface area contributed by atoms with Gasteiger partial charge in [0.1, 0.15) is 5.69 Å². The van der Waals surface area contributed by atoms with E-state index in [1.807, 2.05) is 37.4 Å². The highest BCUT2D eigenvalue weighted by molar-refractivity contribution is 5.99. The van der Waals surface area contributed by atoms with Crippen LogP contribution in [0, 0.1) is 18.8 Å². The molecule has 2 unspecified atom stereocenters. The average molecular weight is 510 g/mol. The van der Waals surface area contributed by atoms with Gasteiger partial charge in [0.2, 0.25) is 5.95 Å². The van der Waals surface area contributed by atoms with Crippen LogP contribution in [0.4, 0.5) is 11.6 Å². The third-order valence-corrected chi connectivity index (χ3v) is 7.40. The third-order valence-electron chi connectivity index (χ3n) is 7.40. The van der Waals surface area contributed by atoms with Gasteiger partial charge in [0, 0.05) is 49.1 Å². The van der Waals surface area contributed by atoms with Crippen LogP contribution in [0.3, 0.4) is 0 Å². The number of H-pyrrole nitrogens is 1. The van der Waals surface area contributed by atoms with Gasteiger partial charge in [-0.3, -0.25) is 9.79 Å². The van der Waals surface area contributed by atoms with E-state index in [0.29, 0.717) is 30.0 Å². The number of hydrogen-bond acceptors (Lipinski definition) is 6. The largest absolute Gasteiger partial charge is 0.380 e. The molecule has 3 N–H and O–H groups in total. The lowest BCUT2D eigenvalue weighted by Crippen LogP contribution is -2.26. The minimum Gasteiger partial charge on any atom is -0.380 e. The first-order valence-electron chi connectivity index (χ1n) is 13.1. The van der Waals surface area contributed by atoms with Crippen molar-refractivity contribution in [3.05, 3.63) is 76.9 Å². The van der Waals surface area contributed by atoms with Gasteiger partial charge in [-0.25, -0.2) is 9.97 Å². The maximum Gasteiger partial charge on any atom is 0.267 e. The smallest absolute Gasteiger partial charge is 0.267 e. The van der Waals surface area contributed by atoms with Gasteiger partial charge in [0.25, 0.3) is 5.91 Å². The zero-order valence-corrected chi connectivity index (χ0v) is 22.7. The molecular formula is C30H35N7O. The maximum atomic E-state index is 13.0. The summed E-state index contributed by atoms with van der Waals surface area (Å²) in [6, 6.07) is 7.80. The minimum atomic E-state index is -0.123. The molecule has 4 heterocycles. The fourth-order valence-corrected chi connectivity index (χ4v) is 4.66. The van der Waals surface area contributed by atoms with Gasteiger partial charge in [0.15, 0.2) is 0 Å². The molecule has 8 heteroatoms. The maximum absolute atomic E-state index is 13.0. The number of carbonyl (C=O) groups excluding carboxylic acids is 1. The monoisotopic (exact) mass is 509 g/mol. The van der Waals surface area contributed by atoms with E-state index in [1.54, 1.807) is 6.20 Å². The fourth-order valence-electron chi connectivity index (χ4n) is 4.66. The molecule has 0 saturated carbocycles. The van der Waals surface area contributed by atoms with Crippen molar-refractivity contribution in [2.75, 3.05) is 25.5 Å². The summed E-state index contributed by atoms with van der Waals surface area (Å²) in [5.41, 5.74) is 7.47. The molecule has 0 aliphatic carbocycles. The Bertz CT molecular complexity index is 1490. The second-order valence-corrected chi connectivity index (χ2v) is 10.4. The van der Waals surface area contributed by atoms with E-state index in [1.165, 1.54) is 5.57 Å². The van der Waals surface area contributed by atoms with E-state index in [0.717, 1.165) is 52.1 Å². The number of aromatic amines is 1. The Kier molecular flexibility index (Phi) is 7.13. The topological polar surface area (TPSA) is 98.3 Å². The summed E-state index contributed by atoms with van der Waals surface area (Å²) in [5.74, 6) is 1.20. The van der Waals surface area contributed by atoms with E-state index in [-0.39, 0.29) is 5.91 Å². The van der Waals surface area contributed by atoms with Crippen molar-refractivity contribution in [3.8, 4) is 0 Å². The van der Waals surface area contributed by atoms with Crippen molar-refractivity contribution in [3.63, 3.8) is 0 Å². The molecule has 0 bridgehead atoms. The normalized spacial score (nSPS) is 19.5. The highest BCUT2D eigenvalue weighted by Gasteiger charge is 2.16. The van der Waals surface area contributed by atoms with Crippen LogP contribution in [-0.2, 0) is 0 Å². The van der Waals surface area contributed by atoms with Crippen LogP contribution < -0.4 is 10.6 Å². The van der Waals surface area contributed by atoms with E-state index in [4.69, 9.17) is 4.98 Å². The lowest BCUT2D eigenvalue weighted by atomic mass is 9.93. The van der Waals surface area contributed by atoms with Gasteiger partial charge in [-0.15, -0.1) is 0 Å². The van der Waals surface area contributed by atoms with Crippen LogP contribution in [0.2, 0.25) is 0 Å². The molecule has 196 valence electrons. The summed E-state index contributed by atoms with van der Waals surface area (Å²) in [7, 11) is 2.06. The number of aromatic nitrogens is 3. The first-order valence-corrected chi connectivity index (χ1v) is 13.1. The highest BCUT2D eigenvalue weighted by atomic mass is 16.1. The lowest BCUT2D eigenvalue weighted by molar-refractivity contribution is 0.0953. The summed E-state index contributed by atoms with van der Waals surface area (Å²) in [5, 5.41) is 7.34. The number of aliphatic imine (C=N–C) groups is 1. The van der Waals surface area contributed by atoms with E-state index in [9.17, 15) is 4.79 Å². The number of anilines is 2. The minimum absolute atomic E-state index is 0.123. The van der Waals surface area contributed by atoms with Crippen molar-refractivity contribution in [2.45, 2.75) is 34.1 Å². The molecule has 0 spiro atoms. The number of aryl methyl sites for hydroxylation is 1. The first-order chi connectivity index (χ1) is 18.3. The van der Waals surface area contributed by atoms with Crippen LogP contribution in [0.5, 0.6) is 0 Å². The Labute approximate surface area is 223 Å². The van der Waals surface area contributed by atoms with E-state index >= 15 is 0 Å². The molecule has 0 radical (unpaired) electrons. The molecule has 5 rings (SSSR count). The third kappa shape index (κ3) is 5.54. The van der Waals surface area contributed by atoms with Crippen molar-refractivity contribution < 1.29 is 4.79 Å². The van der Waals surface area contributed by atoms with Gasteiger partial charge >= 0.3 is 0 Å². The molecule has 0 fully saturated rings. The zero-order valence-electron chi connectivity index (χ0n) is 22.7. The molecule has 38 heavy (non-hydrogen) atoms. The Balaban J connectivity index is 1.32. The quantitative estimate of drug-likeness (QED) is 0.402. The predicted molar refractivity (Wildman–Crippen MR) is 155 cm³/mol. The average Bonchev–Trinajstić information content (AvgIpc) is 3.27. The van der Waals surface area contributed by atoms with Gasteiger partial charge in [-0.05, 0) is 79.8 Å². The molecule has 2 aliphatic heterocycles. The number of nitrogens with one attached hydrogen (secondary N) is 3. The molecule has 0 saturated heterocycles. The lowest BCUT2D eigenvalue weighted by Gasteiger charge is -2.18. The summed E-state index contributed by atoms with van der Waals surface area (Å²) in [6.45, 7) is 9.99. The van der Waals surface area contributed by atoms with E-state index < -0.39 is 0 Å². The molecule has 1 amide bonds. The fraction of sp³-hybridized carbons (Fsp3) is 0.333. The molecular weight excluding hydrogens is 474 g/mol. The van der Waals surface area contributed by atoms with Crippen LogP contribution in [0.1, 0.15) is 48.9 Å². The summed E-state index contributed by atoms with van der Waals surface area (Å²) in [4.78, 5) is 32.1. The molecule has 2 aliphatic rings. The number of fused-ring (bicyclic) bond motifs is 1. The Morgan fingerprint density at radius 1 is 1.18 bits per heavy atom. The van der Waals surface area contributed by atoms with Crippen molar-refractivity contribution >= 4 is 40.4 Å². The van der Waals surface area contributed by atoms with Crippen molar-refractivity contribution in [1.82, 2.24) is 25.2 Å². The number of allylic oxidation sites excluding steroid dienone is 1. The second-order valence-electron chi connectivity index (χ2n) is 10.4. The highest BCUT2D eigenvalue weighted by Crippen LogP contribution is 2.28. The van der Waals surface area contributed by atoms with Crippen molar-refractivity contribution in [2.24, 2.45) is 16.8 Å². The predicted octanol–water partition coefficient (Wildman–Crippen LogP) is 5.60. The molecule has 8 nitrogen and oxygen atoms in total. The Morgan fingerprint density at radius 2 is 2.03 bits per heavy atom. The van der Waals surface area contributed by atoms with Gasteiger partial charge < -0.3 is 20.5 Å². The van der Waals surface area contributed by atoms with Gasteiger partial charge in [-0.1, -0.05) is 25.5 Å². The Hall–Kier alpha value is -4.20. The van der Waals surface area contributed by atoms with Gasteiger partial charge in [-0.2, -0.15) is 0 Å². The van der Waals surface area contributed by atoms with Gasteiger partial charge in [0.05, 0.1) is 11.4 Å². The summed E-state index contributed by atoms with van der Waals surface area (Å²) in [6.07, 6.45) is 11.0. The molecule has 1 aromatic carbocycles. The summed E-state index contributed by atoms with van der Waals surface area (Å²) >= 11 is 0. The van der Waals surface area contributed by atoms with Crippen molar-refractivity contribution in [1.29, 1.82) is 0 Å². The standard InChI is InChI=1S/C30H35N7O/c1-18-7-10-37(5)11-8-22(18)17-33-29(38)27-15-23-14-24(12-20(3)28(23)35-27)34-30-31-9-6-25(36-30)26-13-19(2)21(4)16-32-26/h6,8-9,11-16,19,21,35H,7,10,17H2,1-5H3,(H,33,38)(H,31,34,36). The van der Waals surface area contributed by atoms with Crippen LogP contribution >= 0.6 is 0 Å². The number of amides is 1. The number of carbonyl (C=O) groups is 1. The SMILES string of the molecule is CC1=C(CNC(=O)c2cc3cc(Nc4nccc(C5=CC(C)C(C)C=N5)n4)cc(C)c3[nH]2)C=CN(C)CC1. The zero-order chi connectivity index (χ0) is 26.8. The molecule has 3 aromatic rings. The first kappa shape index (κ1) is 25.4. The van der Waals surface area contributed by atoms with Crippen LogP contribution in [0.15, 0.2) is 65.0 Å². The number of nitrogens with zero attached hydrogens (tertiary/aromatic N) is 4. The summed E-state index contributed by atoms with van der Waals surface area (Å²) < 4.78 is 0. The molecule has 2 aromatic heterocycles. The number of rotatable bonds is 6. The number of benzene rings is 1. The Morgan fingerprint density at radius 3 is 2.84 bits per heavy atom. The molecule has 2 atom stereocenters. The second kappa shape index (κ2) is 10.7. The van der Waals surface area contributed by atoms with Crippen LogP contribution in [-0.4, -0.2) is 52.1 Å².